The maximum atomic E-state index is 15.3. The van der Waals surface area contributed by atoms with Crippen molar-refractivity contribution in [2.75, 3.05) is 20.1 Å². The number of aromatic nitrogens is 5. The lowest BCUT2D eigenvalue weighted by molar-refractivity contribution is 0.209. The monoisotopic (exact) mass is 493 g/mol. The van der Waals surface area contributed by atoms with Crippen molar-refractivity contribution in [1.82, 2.24) is 29.3 Å². The van der Waals surface area contributed by atoms with Crippen LogP contribution in [-0.2, 0) is 0 Å². The highest BCUT2D eigenvalue weighted by Crippen LogP contribution is 2.38. The van der Waals surface area contributed by atoms with E-state index in [-0.39, 0.29) is 11.1 Å². The van der Waals surface area contributed by atoms with Crippen LogP contribution in [0.25, 0.3) is 16.6 Å². The second kappa shape index (κ2) is 9.06. The largest absolute Gasteiger partial charge is 0.306 e. The lowest BCUT2D eigenvalue weighted by atomic mass is 10.0. The Bertz CT molecular complexity index is 1480. The fraction of sp³-hybridized carbons (Fsp3) is 0.360. The van der Waals surface area contributed by atoms with E-state index in [1.807, 2.05) is 13.8 Å². The van der Waals surface area contributed by atoms with Gasteiger partial charge in [-0.15, -0.1) is 5.10 Å². The summed E-state index contributed by atoms with van der Waals surface area (Å²) < 4.78 is 33.4. The van der Waals surface area contributed by atoms with Gasteiger partial charge in [-0.3, -0.25) is 4.68 Å². The molecule has 0 aliphatic carbocycles. The summed E-state index contributed by atoms with van der Waals surface area (Å²) in [5, 5.41) is 18.4. The minimum Gasteiger partial charge on any atom is -0.306 e. The molecular formula is C25H25F2N7S. The standard InChI is InChI=1S/C25H25F2N7S/c1-14-9-20(26)25(30-15(14)2)35-21-10-17(13-33-23(21)18(11-28)12-29-33)22-16(3)34(31-24(22)27)19-5-7-32(4)8-6-19/h9-10,12-13,19H,5-8H2,1-4H3. The molecule has 5 rings (SSSR count). The van der Waals surface area contributed by atoms with Gasteiger partial charge in [0, 0.05) is 28.0 Å². The first-order chi connectivity index (χ1) is 16.8. The predicted octanol–water partition coefficient (Wildman–Crippen LogP) is 5.09. The molecule has 35 heavy (non-hydrogen) atoms. The van der Waals surface area contributed by atoms with E-state index in [9.17, 15) is 9.65 Å². The highest BCUT2D eigenvalue weighted by molar-refractivity contribution is 7.99. The molecule has 0 atom stereocenters. The van der Waals surface area contributed by atoms with Crippen LogP contribution in [-0.4, -0.2) is 49.4 Å². The van der Waals surface area contributed by atoms with Crippen LogP contribution in [0.5, 0.6) is 0 Å². The van der Waals surface area contributed by atoms with E-state index in [1.54, 1.807) is 28.4 Å². The predicted molar refractivity (Wildman–Crippen MR) is 129 cm³/mol. The molecule has 4 aromatic heterocycles. The van der Waals surface area contributed by atoms with Crippen LogP contribution >= 0.6 is 11.8 Å². The minimum absolute atomic E-state index is 0.135. The summed E-state index contributed by atoms with van der Waals surface area (Å²) >= 11 is 1.10. The third-order valence-corrected chi connectivity index (χ3v) is 7.73. The van der Waals surface area contributed by atoms with Crippen LogP contribution in [0.4, 0.5) is 8.78 Å². The van der Waals surface area contributed by atoms with Crippen molar-refractivity contribution in [1.29, 1.82) is 5.26 Å². The zero-order chi connectivity index (χ0) is 24.9. The molecule has 1 aliphatic rings. The van der Waals surface area contributed by atoms with Gasteiger partial charge < -0.3 is 4.90 Å². The second-order valence-corrected chi connectivity index (χ2v) is 10.1. The number of halogens is 2. The lowest BCUT2D eigenvalue weighted by Crippen LogP contribution is -2.32. The van der Waals surface area contributed by atoms with Gasteiger partial charge >= 0.3 is 0 Å². The molecule has 0 saturated carbocycles. The number of hydrogen-bond donors (Lipinski definition) is 0. The summed E-state index contributed by atoms with van der Waals surface area (Å²) in [5.74, 6) is -1.00. The highest BCUT2D eigenvalue weighted by Gasteiger charge is 2.26. The summed E-state index contributed by atoms with van der Waals surface area (Å²) in [6, 6.07) is 5.49. The maximum absolute atomic E-state index is 15.3. The van der Waals surface area contributed by atoms with Crippen LogP contribution in [0, 0.1) is 43.9 Å². The topological polar surface area (TPSA) is 75.0 Å². The van der Waals surface area contributed by atoms with E-state index >= 15 is 4.39 Å². The molecule has 1 fully saturated rings. The van der Waals surface area contributed by atoms with E-state index in [1.165, 1.54) is 12.3 Å². The summed E-state index contributed by atoms with van der Waals surface area (Å²) in [6.07, 6.45) is 4.95. The maximum Gasteiger partial charge on any atom is 0.240 e. The molecule has 0 radical (unpaired) electrons. The Morgan fingerprint density at radius 1 is 1.14 bits per heavy atom. The van der Waals surface area contributed by atoms with Crippen molar-refractivity contribution < 1.29 is 8.78 Å². The molecule has 10 heteroatoms. The molecule has 1 saturated heterocycles. The average molecular weight is 494 g/mol. The minimum atomic E-state index is -0.556. The lowest BCUT2D eigenvalue weighted by Gasteiger charge is -2.29. The quantitative estimate of drug-likeness (QED) is 0.394. The van der Waals surface area contributed by atoms with Crippen LogP contribution in [0.2, 0.25) is 0 Å². The fourth-order valence-electron chi connectivity index (χ4n) is 4.61. The highest BCUT2D eigenvalue weighted by atomic mass is 32.2. The van der Waals surface area contributed by atoms with Crippen molar-refractivity contribution in [3.8, 4) is 17.2 Å². The number of fused-ring (bicyclic) bond motifs is 1. The number of nitriles is 1. The van der Waals surface area contributed by atoms with Crippen LogP contribution in [0.15, 0.2) is 34.4 Å². The molecule has 0 spiro atoms. The summed E-state index contributed by atoms with van der Waals surface area (Å²) in [7, 11) is 2.08. The van der Waals surface area contributed by atoms with Gasteiger partial charge in [-0.2, -0.15) is 14.8 Å². The van der Waals surface area contributed by atoms with Crippen LogP contribution in [0.1, 0.15) is 41.4 Å². The molecule has 1 aliphatic heterocycles. The van der Waals surface area contributed by atoms with E-state index in [0.29, 0.717) is 27.1 Å². The van der Waals surface area contributed by atoms with Crippen molar-refractivity contribution in [3.05, 3.63) is 58.8 Å². The van der Waals surface area contributed by atoms with Gasteiger partial charge in [-0.25, -0.2) is 13.9 Å². The molecule has 7 nitrogen and oxygen atoms in total. The van der Waals surface area contributed by atoms with E-state index in [4.69, 9.17) is 0 Å². The molecule has 180 valence electrons. The Hall–Kier alpha value is -3.29. The third-order valence-electron chi connectivity index (χ3n) is 6.72. The Kier molecular flexibility index (Phi) is 6.07. The number of nitrogens with zero attached hydrogens (tertiary/aromatic N) is 7. The number of aryl methyl sites for hydroxylation is 2. The van der Waals surface area contributed by atoms with Gasteiger partial charge in [-0.1, -0.05) is 11.8 Å². The SMILES string of the molecule is Cc1cc(F)c(Sc2cc(-c3c(F)nn(C4CCN(C)CC4)c3C)cn3ncc(C#N)c23)nc1C. The Labute approximate surface area is 206 Å². The van der Waals surface area contributed by atoms with E-state index in [2.05, 4.69) is 33.2 Å². The first-order valence-corrected chi connectivity index (χ1v) is 12.2. The molecule has 0 N–H and O–H groups in total. The van der Waals surface area contributed by atoms with Gasteiger partial charge in [0.2, 0.25) is 5.95 Å². The smallest absolute Gasteiger partial charge is 0.240 e. The number of piperidine rings is 1. The molecule has 4 aromatic rings. The number of pyridine rings is 2. The number of hydrogen-bond acceptors (Lipinski definition) is 6. The Morgan fingerprint density at radius 3 is 2.60 bits per heavy atom. The van der Waals surface area contributed by atoms with Gasteiger partial charge in [0.1, 0.15) is 11.1 Å². The summed E-state index contributed by atoms with van der Waals surface area (Å²) in [5.41, 5.74) is 4.03. The molecule has 0 aromatic carbocycles. The zero-order valence-electron chi connectivity index (χ0n) is 20.0. The first kappa shape index (κ1) is 23.5. The van der Waals surface area contributed by atoms with Crippen molar-refractivity contribution in [3.63, 3.8) is 0 Å². The number of likely N-dealkylation sites (tertiary alicyclic amines) is 1. The Balaban J connectivity index is 1.63. The van der Waals surface area contributed by atoms with Crippen LogP contribution < -0.4 is 0 Å². The molecule has 0 unspecified atom stereocenters. The zero-order valence-corrected chi connectivity index (χ0v) is 20.8. The van der Waals surface area contributed by atoms with Gasteiger partial charge in [-0.05, 0) is 71.4 Å². The van der Waals surface area contributed by atoms with E-state index < -0.39 is 11.8 Å². The van der Waals surface area contributed by atoms with Crippen molar-refractivity contribution in [2.24, 2.45) is 0 Å². The summed E-state index contributed by atoms with van der Waals surface area (Å²) in [6.45, 7) is 7.37. The van der Waals surface area contributed by atoms with E-state index in [0.717, 1.165) is 54.6 Å². The van der Waals surface area contributed by atoms with Gasteiger partial charge in [0.25, 0.3) is 0 Å². The normalized spacial score (nSPS) is 15.1. The average Bonchev–Trinajstić information content (AvgIpc) is 3.38. The first-order valence-electron chi connectivity index (χ1n) is 11.4. The van der Waals surface area contributed by atoms with Crippen molar-refractivity contribution in [2.45, 2.75) is 49.6 Å². The molecule has 0 bridgehead atoms. The van der Waals surface area contributed by atoms with Gasteiger partial charge in [0.05, 0.1) is 28.9 Å². The Morgan fingerprint density at radius 2 is 1.89 bits per heavy atom. The number of rotatable bonds is 4. The molecule has 5 heterocycles. The van der Waals surface area contributed by atoms with Crippen molar-refractivity contribution >= 4 is 17.3 Å². The molecular weight excluding hydrogens is 468 g/mol. The molecule has 0 amide bonds. The third kappa shape index (κ3) is 4.19. The van der Waals surface area contributed by atoms with Crippen LogP contribution in [0.3, 0.4) is 0 Å². The summed E-state index contributed by atoms with van der Waals surface area (Å²) in [4.78, 5) is 7.23. The van der Waals surface area contributed by atoms with Gasteiger partial charge in [0.15, 0.2) is 5.82 Å². The fourth-order valence-corrected chi connectivity index (χ4v) is 5.65. The second-order valence-electron chi connectivity index (χ2n) is 9.07.